The lowest BCUT2D eigenvalue weighted by Crippen LogP contribution is -2.16. The number of aromatic nitrogens is 2. The van der Waals surface area contributed by atoms with E-state index in [9.17, 15) is 0 Å². The Labute approximate surface area is 95.5 Å². The predicted octanol–water partition coefficient (Wildman–Crippen LogP) is 2.98. The fraction of sp³-hybridized carbons (Fsp3) is 0.462. The van der Waals surface area contributed by atoms with Gasteiger partial charge in [0.1, 0.15) is 0 Å². The first-order valence-corrected chi connectivity index (χ1v) is 6.00. The zero-order chi connectivity index (χ0) is 11.1. The first-order valence-electron chi connectivity index (χ1n) is 6.00. The van der Waals surface area contributed by atoms with Crippen LogP contribution in [0.4, 0.5) is 5.95 Å². The quantitative estimate of drug-likeness (QED) is 0.792. The molecule has 0 aliphatic carbocycles. The van der Waals surface area contributed by atoms with Crippen molar-refractivity contribution in [2.75, 3.05) is 11.9 Å². The molecule has 3 rings (SSSR count). The van der Waals surface area contributed by atoms with E-state index in [0.717, 1.165) is 24.6 Å². The summed E-state index contributed by atoms with van der Waals surface area (Å²) in [5.41, 5.74) is 3.74. The molecule has 0 unspecified atom stereocenters. The molecule has 0 bridgehead atoms. The third kappa shape index (κ3) is 1.39. The van der Waals surface area contributed by atoms with E-state index in [4.69, 9.17) is 0 Å². The number of rotatable bonds is 1. The van der Waals surface area contributed by atoms with E-state index in [2.05, 4.69) is 46.9 Å². The molecule has 0 saturated heterocycles. The molecule has 0 amide bonds. The van der Waals surface area contributed by atoms with Crippen LogP contribution in [0.1, 0.15) is 31.7 Å². The third-order valence-corrected chi connectivity index (χ3v) is 3.28. The van der Waals surface area contributed by atoms with Gasteiger partial charge < -0.3 is 9.88 Å². The predicted molar refractivity (Wildman–Crippen MR) is 66.9 cm³/mol. The number of nitrogens with zero attached hydrogens (tertiary/aromatic N) is 2. The second kappa shape index (κ2) is 3.51. The number of hydrogen-bond acceptors (Lipinski definition) is 2. The highest BCUT2D eigenvalue weighted by atomic mass is 15.2. The van der Waals surface area contributed by atoms with Gasteiger partial charge in [0, 0.05) is 13.1 Å². The highest BCUT2D eigenvalue weighted by molar-refractivity contribution is 5.79. The van der Waals surface area contributed by atoms with Gasteiger partial charge >= 0.3 is 0 Å². The Kier molecular flexibility index (Phi) is 2.13. The second-order valence-corrected chi connectivity index (χ2v) is 4.77. The molecule has 0 atom stereocenters. The van der Waals surface area contributed by atoms with Crippen LogP contribution in [0.2, 0.25) is 0 Å². The number of hydrogen-bond donors (Lipinski definition) is 1. The van der Waals surface area contributed by atoms with Crippen LogP contribution in [0.15, 0.2) is 18.2 Å². The monoisotopic (exact) mass is 215 g/mol. The van der Waals surface area contributed by atoms with Gasteiger partial charge in [0.25, 0.3) is 0 Å². The van der Waals surface area contributed by atoms with E-state index < -0.39 is 0 Å². The summed E-state index contributed by atoms with van der Waals surface area (Å²) in [6.07, 6.45) is 1.18. The largest absolute Gasteiger partial charge is 0.356 e. The minimum absolute atomic E-state index is 0.566. The molecular weight excluding hydrogens is 198 g/mol. The molecule has 3 heteroatoms. The number of aryl methyl sites for hydroxylation is 1. The first kappa shape index (κ1) is 9.70. The van der Waals surface area contributed by atoms with Crippen LogP contribution in [0.5, 0.6) is 0 Å². The van der Waals surface area contributed by atoms with E-state index in [-0.39, 0.29) is 0 Å². The van der Waals surface area contributed by atoms with Crippen molar-refractivity contribution in [1.82, 2.24) is 9.55 Å². The topological polar surface area (TPSA) is 29.9 Å². The van der Waals surface area contributed by atoms with E-state index in [1.54, 1.807) is 0 Å². The van der Waals surface area contributed by atoms with E-state index in [0.29, 0.717) is 5.92 Å². The standard InChI is InChI=1S/C13H17N3/c1-9(2)10-4-5-12-11(8-10)15-13-14-6-3-7-16(12)13/h4-5,8-9H,3,6-7H2,1-2H3,(H,14,15). The van der Waals surface area contributed by atoms with Crippen molar-refractivity contribution in [2.24, 2.45) is 0 Å². The zero-order valence-corrected chi connectivity index (χ0v) is 9.83. The molecule has 84 valence electrons. The summed E-state index contributed by atoms with van der Waals surface area (Å²) in [7, 11) is 0. The van der Waals surface area contributed by atoms with Gasteiger partial charge in [-0.25, -0.2) is 4.98 Å². The second-order valence-electron chi connectivity index (χ2n) is 4.77. The van der Waals surface area contributed by atoms with Crippen LogP contribution in [0, 0.1) is 0 Å². The average molecular weight is 215 g/mol. The van der Waals surface area contributed by atoms with Gasteiger partial charge in [-0.2, -0.15) is 0 Å². The van der Waals surface area contributed by atoms with Crippen molar-refractivity contribution < 1.29 is 0 Å². The van der Waals surface area contributed by atoms with Crippen molar-refractivity contribution in [3.05, 3.63) is 23.8 Å². The van der Waals surface area contributed by atoms with Gasteiger partial charge in [-0.3, -0.25) is 0 Å². The van der Waals surface area contributed by atoms with Gasteiger partial charge in [0.2, 0.25) is 5.95 Å². The Morgan fingerprint density at radius 3 is 3.06 bits per heavy atom. The third-order valence-electron chi connectivity index (χ3n) is 3.28. The van der Waals surface area contributed by atoms with Crippen LogP contribution < -0.4 is 5.32 Å². The maximum Gasteiger partial charge on any atom is 0.203 e. The molecule has 1 aromatic carbocycles. The van der Waals surface area contributed by atoms with Crippen LogP contribution in [0.3, 0.4) is 0 Å². The molecule has 1 aliphatic rings. The SMILES string of the molecule is CC(C)c1ccc2c(c1)nc1n2CCCN1. The van der Waals surface area contributed by atoms with Crippen LogP contribution >= 0.6 is 0 Å². The maximum absolute atomic E-state index is 4.65. The minimum atomic E-state index is 0.566. The van der Waals surface area contributed by atoms with Crippen molar-refractivity contribution in [2.45, 2.75) is 32.7 Å². The number of anilines is 1. The van der Waals surface area contributed by atoms with Crippen LogP contribution in [0.25, 0.3) is 11.0 Å². The highest BCUT2D eigenvalue weighted by Gasteiger charge is 2.14. The Bertz CT molecular complexity index is 525. The normalized spacial score (nSPS) is 15.2. The van der Waals surface area contributed by atoms with E-state index >= 15 is 0 Å². The fourth-order valence-corrected chi connectivity index (χ4v) is 2.30. The number of imidazole rings is 1. The summed E-state index contributed by atoms with van der Waals surface area (Å²) in [4.78, 5) is 4.65. The lowest BCUT2D eigenvalue weighted by molar-refractivity contribution is 0.642. The maximum atomic E-state index is 4.65. The number of fused-ring (bicyclic) bond motifs is 3. The molecule has 0 fully saturated rings. The summed E-state index contributed by atoms with van der Waals surface area (Å²) in [5.74, 6) is 1.60. The molecule has 0 spiro atoms. The number of nitrogens with one attached hydrogen (secondary N) is 1. The fourth-order valence-electron chi connectivity index (χ4n) is 2.30. The Morgan fingerprint density at radius 2 is 2.25 bits per heavy atom. The number of benzene rings is 1. The molecule has 1 aliphatic heterocycles. The summed E-state index contributed by atoms with van der Waals surface area (Å²) in [5, 5.41) is 3.35. The lowest BCUT2D eigenvalue weighted by atomic mass is 10.0. The van der Waals surface area contributed by atoms with Gasteiger partial charge in [0.05, 0.1) is 11.0 Å². The van der Waals surface area contributed by atoms with Crippen molar-refractivity contribution in [1.29, 1.82) is 0 Å². The molecule has 1 aromatic heterocycles. The van der Waals surface area contributed by atoms with Crippen LogP contribution in [-0.2, 0) is 6.54 Å². The molecule has 2 heterocycles. The van der Waals surface area contributed by atoms with Crippen molar-refractivity contribution >= 4 is 17.0 Å². The van der Waals surface area contributed by atoms with Crippen LogP contribution in [-0.4, -0.2) is 16.1 Å². The van der Waals surface area contributed by atoms with Crippen molar-refractivity contribution in [3.63, 3.8) is 0 Å². The minimum Gasteiger partial charge on any atom is -0.356 e. The Morgan fingerprint density at radius 1 is 1.38 bits per heavy atom. The van der Waals surface area contributed by atoms with E-state index in [1.165, 1.54) is 17.5 Å². The van der Waals surface area contributed by atoms with Crippen molar-refractivity contribution in [3.8, 4) is 0 Å². The molecule has 1 N–H and O–H groups in total. The van der Waals surface area contributed by atoms with Gasteiger partial charge in [-0.1, -0.05) is 19.9 Å². The molecule has 0 radical (unpaired) electrons. The summed E-state index contributed by atoms with van der Waals surface area (Å²) >= 11 is 0. The van der Waals surface area contributed by atoms with E-state index in [1.807, 2.05) is 0 Å². The average Bonchev–Trinajstić information content (AvgIpc) is 2.66. The van der Waals surface area contributed by atoms with Gasteiger partial charge in [-0.15, -0.1) is 0 Å². The molecule has 16 heavy (non-hydrogen) atoms. The Hall–Kier alpha value is -1.51. The highest BCUT2D eigenvalue weighted by Crippen LogP contribution is 2.25. The Balaban J connectivity index is 2.19. The van der Waals surface area contributed by atoms with Gasteiger partial charge in [-0.05, 0) is 30.0 Å². The smallest absolute Gasteiger partial charge is 0.203 e. The summed E-state index contributed by atoms with van der Waals surface area (Å²) < 4.78 is 2.28. The molecule has 3 nitrogen and oxygen atoms in total. The first-order chi connectivity index (χ1) is 7.75. The van der Waals surface area contributed by atoms with Gasteiger partial charge in [0.15, 0.2) is 0 Å². The molecule has 2 aromatic rings. The summed E-state index contributed by atoms with van der Waals surface area (Å²) in [6, 6.07) is 6.64. The molecular formula is C13H17N3. The molecule has 0 saturated carbocycles. The lowest BCUT2D eigenvalue weighted by Gasteiger charge is -2.15. The zero-order valence-electron chi connectivity index (χ0n) is 9.83. The summed E-state index contributed by atoms with van der Waals surface area (Å²) in [6.45, 7) is 6.56.